The molecule has 4 nitrogen and oxygen atoms in total. The Morgan fingerprint density at radius 2 is 1.89 bits per heavy atom. The summed E-state index contributed by atoms with van der Waals surface area (Å²) in [5, 5.41) is 3.60. The third-order valence-corrected chi connectivity index (χ3v) is 4.47. The van der Waals surface area contributed by atoms with Gasteiger partial charge in [0.15, 0.2) is 0 Å². The summed E-state index contributed by atoms with van der Waals surface area (Å²) in [4.78, 5) is 5.28. The van der Waals surface area contributed by atoms with Crippen LogP contribution in [0.2, 0.25) is 0 Å². The van der Waals surface area contributed by atoms with Crippen molar-refractivity contribution in [3.8, 4) is 0 Å². The standard InChI is InChI=1S/C14H27N3O/c1(5-15-13-2-3-13)6-16-7-4-14(12-16)17-8-10-18-11-9-17/h13-15H,1-12H2. The molecule has 1 saturated carbocycles. The van der Waals surface area contributed by atoms with Crippen LogP contribution >= 0.6 is 0 Å². The van der Waals surface area contributed by atoms with Crippen LogP contribution in [-0.2, 0) is 4.74 Å². The van der Waals surface area contributed by atoms with Crippen LogP contribution in [0.1, 0.15) is 25.7 Å². The zero-order valence-corrected chi connectivity index (χ0v) is 11.4. The molecule has 104 valence electrons. The minimum atomic E-state index is 0.797. The van der Waals surface area contributed by atoms with E-state index in [1.165, 1.54) is 51.9 Å². The zero-order chi connectivity index (χ0) is 12.2. The van der Waals surface area contributed by atoms with Gasteiger partial charge in [0.25, 0.3) is 0 Å². The number of rotatable bonds is 6. The zero-order valence-electron chi connectivity index (χ0n) is 11.4. The fraction of sp³-hybridized carbons (Fsp3) is 1.00. The second-order valence-corrected chi connectivity index (χ2v) is 5.97. The first-order valence-corrected chi connectivity index (χ1v) is 7.69. The number of nitrogens with zero attached hydrogens (tertiary/aromatic N) is 2. The second kappa shape index (κ2) is 6.33. The molecule has 1 unspecified atom stereocenters. The molecule has 0 aromatic heterocycles. The lowest BCUT2D eigenvalue weighted by atomic mass is 10.2. The predicted molar refractivity (Wildman–Crippen MR) is 72.9 cm³/mol. The van der Waals surface area contributed by atoms with Crippen molar-refractivity contribution in [2.45, 2.75) is 37.8 Å². The molecule has 0 radical (unpaired) electrons. The number of morpholine rings is 1. The highest BCUT2D eigenvalue weighted by atomic mass is 16.5. The van der Waals surface area contributed by atoms with Crippen LogP contribution in [0.15, 0.2) is 0 Å². The highest BCUT2D eigenvalue weighted by molar-refractivity contribution is 4.85. The summed E-state index contributed by atoms with van der Waals surface area (Å²) in [5.41, 5.74) is 0. The Morgan fingerprint density at radius 3 is 2.67 bits per heavy atom. The van der Waals surface area contributed by atoms with Crippen molar-refractivity contribution in [2.75, 3.05) is 52.5 Å². The van der Waals surface area contributed by atoms with Gasteiger partial charge in [-0.2, -0.15) is 0 Å². The molecule has 3 fully saturated rings. The molecular weight excluding hydrogens is 226 g/mol. The lowest BCUT2D eigenvalue weighted by Crippen LogP contribution is -2.44. The number of likely N-dealkylation sites (tertiary alicyclic amines) is 1. The minimum Gasteiger partial charge on any atom is -0.379 e. The van der Waals surface area contributed by atoms with E-state index in [0.717, 1.165) is 38.4 Å². The summed E-state index contributed by atoms with van der Waals surface area (Å²) < 4.78 is 5.43. The number of nitrogens with one attached hydrogen (secondary N) is 1. The third kappa shape index (κ3) is 3.67. The second-order valence-electron chi connectivity index (χ2n) is 5.97. The molecule has 3 aliphatic rings. The van der Waals surface area contributed by atoms with Gasteiger partial charge in [0.05, 0.1) is 13.2 Å². The maximum absolute atomic E-state index is 5.43. The average Bonchev–Trinajstić information content (AvgIpc) is 3.12. The molecule has 2 aliphatic heterocycles. The molecule has 1 atom stereocenters. The summed E-state index contributed by atoms with van der Waals surface area (Å²) in [5.74, 6) is 0. The summed E-state index contributed by atoms with van der Waals surface area (Å²) in [7, 11) is 0. The monoisotopic (exact) mass is 253 g/mol. The quantitative estimate of drug-likeness (QED) is 0.699. The smallest absolute Gasteiger partial charge is 0.0594 e. The maximum Gasteiger partial charge on any atom is 0.0594 e. The van der Waals surface area contributed by atoms with Gasteiger partial charge >= 0.3 is 0 Å². The molecule has 1 N–H and O–H groups in total. The van der Waals surface area contributed by atoms with Crippen molar-refractivity contribution in [1.29, 1.82) is 0 Å². The maximum atomic E-state index is 5.43. The Hall–Kier alpha value is -0.160. The fourth-order valence-corrected chi connectivity index (χ4v) is 3.15. The van der Waals surface area contributed by atoms with Crippen molar-refractivity contribution in [1.82, 2.24) is 15.1 Å². The molecule has 3 rings (SSSR count). The predicted octanol–water partition coefficient (Wildman–Crippen LogP) is 0.535. The lowest BCUT2D eigenvalue weighted by Gasteiger charge is -2.32. The van der Waals surface area contributed by atoms with E-state index in [1.54, 1.807) is 0 Å². The molecule has 0 bridgehead atoms. The van der Waals surface area contributed by atoms with Crippen molar-refractivity contribution >= 4 is 0 Å². The van der Waals surface area contributed by atoms with E-state index in [4.69, 9.17) is 4.74 Å². The molecule has 0 amide bonds. The molecule has 4 heteroatoms. The normalized spacial score (nSPS) is 31.0. The fourth-order valence-electron chi connectivity index (χ4n) is 3.15. The van der Waals surface area contributed by atoms with Crippen LogP contribution < -0.4 is 5.32 Å². The summed E-state index contributed by atoms with van der Waals surface area (Å²) in [6.45, 7) is 9.21. The van der Waals surface area contributed by atoms with Gasteiger partial charge in [-0.3, -0.25) is 4.90 Å². The van der Waals surface area contributed by atoms with Crippen molar-refractivity contribution in [3.63, 3.8) is 0 Å². The van der Waals surface area contributed by atoms with E-state index in [2.05, 4.69) is 15.1 Å². The van der Waals surface area contributed by atoms with Gasteiger partial charge in [-0.15, -0.1) is 0 Å². The van der Waals surface area contributed by atoms with Crippen LogP contribution in [0.25, 0.3) is 0 Å². The van der Waals surface area contributed by atoms with Crippen LogP contribution in [0.4, 0.5) is 0 Å². The molecular formula is C14H27N3O. The van der Waals surface area contributed by atoms with Gasteiger partial charge in [0.2, 0.25) is 0 Å². The highest BCUT2D eigenvalue weighted by Gasteiger charge is 2.28. The Labute approximate surface area is 111 Å². The average molecular weight is 253 g/mol. The number of hydrogen-bond donors (Lipinski definition) is 1. The molecule has 2 heterocycles. The van der Waals surface area contributed by atoms with E-state index in [-0.39, 0.29) is 0 Å². The van der Waals surface area contributed by atoms with Gasteiger partial charge in [-0.05, 0) is 45.3 Å². The Morgan fingerprint density at radius 1 is 1.06 bits per heavy atom. The summed E-state index contributed by atoms with van der Waals surface area (Å²) in [6, 6.07) is 1.66. The first-order valence-electron chi connectivity index (χ1n) is 7.69. The molecule has 18 heavy (non-hydrogen) atoms. The summed E-state index contributed by atoms with van der Waals surface area (Å²) in [6.07, 6.45) is 5.48. The Kier molecular flexibility index (Phi) is 4.52. The first-order chi connectivity index (χ1) is 8.92. The van der Waals surface area contributed by atoms with E-state index in [9.17, 15) is 0 Å². The van der Waals surface area contributed by atoms with E-state index >= 15 is 0 Å². The van der Waals surface area contributed by atoms with Gasteiger partial charge in [0, 0.05) is 31.7 Å². The van der Waals surface area contributed by atoms with Crippen molar-refractivity contribution < 1.29 is 4.74 Å². The molecule has 1 aliphatic carbocycles. The van der Waals surface area contributed by atoms with Gasteiger partial charge < -0.3 is 15.0 Å². The number of ether oxygens (including phenoxy) is 1. The molecule has 0 spiro atoms. The molecule has 2 saturated heterocycles. The van der Waals surface area contributed by atoms with E-state index < -0.39 is 0 Å². The molecule has 0 aromatic rings. The topological polar surface area (TPSA) is 27.7 Å². The van der Waals surface area contributed by atoms with Crippen molar-refractivity contribution in [2.24, 2.45) is 0 Å². The van der Waals surface area contributed by atoms with Crippen LogP contribution in [0.3, 0.4) is 0 Å². The highest BCUT2D eigenvalue weighted by Crippen LogP contribution is 2.19. The van der Waals surface area contributed by atoms with Crippen LogP contribution in [0.5, 0.6) is 0 Å². The van der Waals surface area contributed by atoms with Gasteiger partial charge in [-0.1, -0.05) is 0 Å². The van der Waals surface area contributed by atoms with Gasteiger partial charge in [-0.25, -0.2) is 0 Å². The molecule has 0 aromatic carbocycles. The minimum absolute atomic E-state index is 0.797. The lowest BCUT2D eigenvalue weighted by molar-refractivity contribution is 0.0185. The third-order valence-electron chi connectivity index (χ3n) is 4.47. The van der Waals surface area contributed by atoms with Gasteiger partial charge in [0.1, 0.15) is 0 Å². The van der Waals surface area contributed by atoms with E-state index in [1.807, 2.05) is 0 Å². The first kappa shape index (κ1) is 12.9. The largest absolute Gasteiger partial charge is 0.379 e. The van der Waals surface area contributed by atoms with Crippen LogP contribution in [0, 0.1) is 0 Å². The SMILES string of the molecule is C(CNC1CC1)CN1CCC(N2CCOCC2)C1. The Bertz CT molecular complexity index is 251. The summed E-state index contributed by atoms with van der Waals surface area (Å²) >= 11 is 0. The Balaban J connectivity index is 1.30. The van der Waals surface area contributed by atoms with Crippen LogP contribution in [-0.4, -0.2) is 74.4 Å². The van der Waals surface area contributed by atoms with E-state index in [0.29, 0.717) is 0 Å². The van der Waals surface area contributed by atoms with Crippen molar-refractivity contribution in [3.05, 3.63) is 0 Å². The number of hydrogen-bond acceptors (Lipinski definition) is 4.